The molecule has 0 saturated carbocycles. The van der Waals surface area contributed by atoms with E-state index in [0.717, 1.165) is 16.2 Å². The second-order valence-electron chi connectivity index (χ2n) is 4.17. The zero-order valence-corrected chi connectivity index (χ0v) is 12.0. The van der Waals surface area contributed by atoms with Gasteiger partial charge in [0.15, 0.2) is 5.78 Å². The van der Waals surface area contributed by atoms with Crippen LogP contribution >= 0.6 is 22.7 Å². The monoisotopic (exact) mass is 288 g/mol. The standard InChI is InChI=1S/C15H12O2S2/c1-17-12-5-3-2-4-10(12)8-11(16)14-9-15-13(19-14)6-7-18-15/h2-7,9H,8H2,1H3. The summed E-state index contributed by atoms with van der Waals surface area (Å²) in [6.07, 6.45) is 0.387. The Bertz CT molecular complexity index is 696. The number of carbonyl (C=O) groups excluding carboxylic acids is 1. The number of Topliss-reactive ketones (excluding diaryl/α,β-unsaturated/α-hetero) is 1. The second kappa shape index (κ2) is 5.15. The lowest BCUT2D eigenvalue weighted by Gasteiger charge is -2.06. The van der Waals surface area contributed by atoms with E-state index in [2.05, 4.69) is 11.4 Å². The van der Waals surface area contributed by atoms with Gasteiger partial charge in [-0.15, -0.1) is 22.7 Å². The average molecular weight is 288 g/mol. The summed E-state index contributed by atoms with van der Waals surface area (Å²) in [5, 5.41) is 2.05. The quantitative estimate of drug-likeness (QED) is 0.665. The molecule has 0 aliphatic rings. The van der Waals surface area contributed by atoms with Gasteiger partial charge in [0.25, 0.3) is 0 Å². The van der Waals surface area contributed by atoms with E-state index in [-0.39, 0.29) is 5.78 Å². The van der Waals surface area contributed by atoms with Crippen molar-refractivity contribution in [2.45, 2.75) is 6.42 Å². The van der Waals surface area contributed by atoms with Crippen LogP contribution in [0.3, 0.4) is 0 Å². The molecule has 19 heavy (non-hydrogen) atoms. The first-order valence-corrected chi connectivity index (χ1v) is 7.59. The largest absolute Gasteiger partial charge is 0.496 e. The van der Waals surface area contributed by atoms with E-state index >= 15 is 0 Å². The third-order valence-corrected chi connectivity index (χ3v) is 5.09. The van der Waals surface area contributed by atoms with Gasteiger partial charge in [0.2, 0.25) is 0 Å². The van der Waals surface area contributed by atoms with E-state index in [1.54, 1.807) is 29.8 Å². The van der Waals surface area contributed by atoms with Crippen molar-refractivity contribution in [3.63, 3.8) is 0 Å². The molecule has 2 heterocycles. The maximum atomic E-state index is 12.3. The van der Waals surface area contributed by atoms with E-state index in [1.165, 1.54) is 9.40 Å². The van der Waals surface area contributed by atoms with Crippen molar-refractivity contribution in [3.05, 3.63) is 52.2 Å². The minimum Gasteiger partial charge on any atom is -0.496 e. The molecule has 0 bridgehead atoms. The molecular formula is C15H12O2S2. The predicted molar refractivity (Wildman–Crippen MR) is 80.7 cm³/mol. The number of benzene rings is 1. The molecule has 0 unspecified atom stereocenters. The maximum absolute atomic E-state index is 12.3. The minimum absolute atomic E-state index is 0.151. The smallest absolute Gasteiger partial charge is 0.177 e. The number of fused-ring (bicyclic) bond motifs is 1. The van der Waals surface area contributed by atoms with Gasteiger partial charge in [-0.3, -0.25) is 4.79 Å². The Kier molecular flexibility index (Phi) is 3.36. The van der Waals surface area contributed by atoms with Crippen LogP contribution in [0.25, 0.3) is 9.40 Å². The van der Waals surface area contributed by atoms with E-state index in [0.29, 0.717) is 6.42 Å². The van der Waals surface area contributed by atoms with Crippen molar-refractivity contribution in [2.24, 2.45) is 0 Å². The number of hydrogen-bond acceptors (Lipinski definition) is 4. The van der Waals surface area contributed by atoms with E-state index < -0.39 is 0 Å². The van der Waals surface area contributed by atoms with E-state index in [1.807, 2.05) is 30.3 Å². The number of carbonyl (C=O) groups is 1. The van der Waals surface area contributed by atoms with Crippen molar-refractivity contribution in [1.82, 2.24) is 0 Å². The van der Waals surface area contributed by atoms with Gasteiger partial charge in [-0.25, -0.2) is 0 Å². The van der Waals surface area contributed by atoms with Crippen LogP contribution in [-0.4, -0.2) is 12.9 Å². The van der Waals surface area contributed by atoms with E-state index in [4.69, 9.17) is 4.74 Å². The Hall–Kier alpha value is -1.65. The molecule has 0 atom stereocenters. The number of hydrogen-bond donors (Lipinski definition) is 0. The van der Waals surface area contributed by atoms with Gasteiger partial charge in [-0.05, 0) is 23.6 Å². The van der Waals surface area contributed by atoms with Crippen molar-refractivity contribution in [3.8, 4) is 5.75 Å². The summed E-state index contributed by atoms with van der Waals surface area (Å²) in [5.74, 6) is 0.923. The van der Waals surface area contributed by atoms with Crippen LogP contribution in [0.2, 0.25) is 0 Å². The lowest BCUT2D eigenvalue weighted by molar-refractivity contribution is 0.0996. The van der Waals surface area contributed by atoms with Crippen LogP contribution in [0.4, 0.5) is 0 Å². The van der Waals surface area contributed by atoms with Crippen LogP contribution in [-0.2, 0) is 6.42 Å². The van der Waals surface area contributed by atoms with Crippen molar-refractivity contribution in [2.75, 3.05) is 7.11 Å². The highest BCUT2D eigenvalue weighted by Crippen LogP contribution is 2.31. The summed E-state index contributed by atoms with van der Waals surface area (Å²) >= 11 is 3.24. The van der Waals surface area contributed by atoms with Gasteiger partial charge in [0, 0.05) is 21.4 Å². The van der Waals surface area contributed by atoms with Gasteiger partial charge < -0.3 is 4.74 Å². The third-order valence-electron chi connectivity index (χ3n) is 2.96. The number of ketones is 1. The van der Waals surface area contributed by atoms with Crippen LogP contribution in [0, 0.1) is 0 Å². The molecule has 2 aromatic heterocycles. The Morgan fingerprint density at radius 2 is 2.05 bits per heavy atom. The van der Waals surface area contributed by atoms with Gasteiger partial charge >= 0.3 is 0 Å². The topological polar surface area (TPSA) is 26.3 Å². The molecule has 3 rings (SSSR count). The average Bonchev–Trinajstić information content (AvgIpc) is 3.00. The van der Waals surface area contributed by atoms with Crippen molar-refractivity contribution < 1.29 is 9.53 Å². The van der Waals surface area contributed by atoms with Crippen LogP contribution in [0.15, 0.2) is 41.8 Å². The molecule has 0 radical (unpaired) electrons. The van der Waals surface area contributed by atoms with Crippen LogP contribution in [0.1, 0.15) is 15.2 Å². The van der Waals surface area contributed by atoms with Gasteiger partial charge in [0.05, 0.1) is 12.0 Å². The number of rotatable bonds is 4. The Morgan fingerprint density at radius 1 is 1.21 bits per heavy atom. The third kappa shape index (κ3) is 2.41. The fourth-order valence-corrected chi connectivity index (χ4v) is 4.06. The zero-order chi connectivity index (χ0) is 13.2. The summed E-state index contributed by atoms with van der Waals surface area (Å²) < 4.78 is 7.66. The van der Waals surface area contributed by atoms with Crippen molar-refractivity contribution in [1.29, 1.82) is 0 Å². The fourth-order valence-electron chi connectivity index (χ4n) is 2.01. The molecule has 0 fully saturated rings. The van der Waals surface area contributed by atoms with Crippen LogP contribution in [0.5, 0.6) is 5.75 Å². The molecule has 4 heteroatoms. The van der Waals surface area contributed by atoms with Gasteiger partial charge in [-0.2, -0.15) is 0 Å². The number of para-hydroxylation sites is 1. The normalized spacial score (nSPS) is 10.8. The lowest BCUT2D eigenvalue weighted by atomic mass is 10.1. The first kappa shape index (κ1) is 12.4. The maximum Gasteiger partial charge on any atom is 0.177 e. The summed E-state index contributed by atoms with van der Waals surface area (Å²) in [6.45, 7) is 0. The fraction of sp³-hybridized carbons (Fsp3) is 0.133. The Balaban J connectivity index is 1.86. The summed E-state index contributed by atoms with van der Waals surface area (Å²) in [7, 11) is 1.63. The molecular weight excluding hydrogens is 276 g/mol. The summed E-state index contributed by atoms with van der Waals surface area (Å²) in [6, 6.07) is 11.7. The summed E-state index contributed by atoms with van der Waals surface area (Å²) in [4.78, 5) is 13.1. The van der Waals surface area contributed by atoms with Crippen molar-refractivity contribution >= 4 is 37.9 Å². The molecule has 0 N–H and O–H groups in total. The predicted octanol–water partition coefficient (Wildman–Crippen LogP) is 4.40. The number of thiophene rings is 2. The molecule has 1 aromatic carbocycles. The highest BCUT2D eigenvalue weighted by atomic mass is 32.1. The van der Waals surface area contributed by atoms with Gasteiger partial charge in [0.1, 0.15) is 5.75 Å². The molecule has 96 valence electrons. The minimum atomic E-state index is 0.151. The molecule has 0 aliphatic heterocycles. The highest BCUT2D eigenvalue weighted by Gasteiger charge is 2.13. The number of methoxy groups -OCH3 is 1. The molecule has 0 aliphatic carbocycles. The first-order chi connectivity index (χ1) is 9.28. The molecule has 0 saturated heterocycles. The molecule has 3 aromatic rings. The van der Waals surface area contributed by atoms with E-state index in [9.17, 15) is 4.79 Å². The Morgan fingerprint density at radius 3 is 2.84 bits per heavy atom. The zero-order valence-electron chi connectivity index (χ0n) is 10.4. The lowest BCUT2D eigenvalue weighted by Crippen LogP contribution is -2.02. The first-order valence-electron chi connectivity index (χ1n) is 5.90. The van der Waals surface area contributed by atoms with Gasteiger partial charge in [-0.1, -0.05) is 18.2 Å². The number of ether oxygens (including phenoxy) is 1. The molecule has 0 spiro atoms. The molecule has 0 amide bonds. The second-order valence-corrected chi connectivity index (χ2v) is 6.20. The molecule has 2 nitrogen and oxygen atoms in total. The highest BCUT2D eigenvalue weighted by molar-refractivity contribution is 7.27. The van der Waals surface area contributed by atoms with Crippen LogP contribution < -0.4 is 4.74 Å². The Labute approximate surface area is 119 Å². The summed E-state index contributed by atoms with van der Waals surface area (Å²) in [5.41, 5.74) is 0.937. The SMILES string of the molecule is COc1ccccc1CC(=O)c1cc2sccc2s1.